The lowest BCUT2D eigenvalue weighted by molar-refractivity contribution is 0.997. The average Bonchev–Trinajstić information content (AvgIpc) is 1.64. The van der Waals surface area contributed by atoms with Crippen LogP contribution in [0.5, 0.6) is 0 Å². The van der Waals surface area contributed by atoms with Gasteiger partial charge in [-0.1, -0.05) is 170 Å². The highest BCUT2D eigenvalue weighted by molar-refractivity contribution is 6.11. The van der Waals surface area contributed by atoms with Crippen LogP contribution in [0.4, 0.5) is 96.7 Å². The first-order valence-electron chi connectivity index (χ1n) is 33.2. The van der Waals surface area contributed by atoms with E-state index in [-0.39, 0.29) is 0 Å². The molecule has 0 fully saturated rings. The van der Waals surface area contributed by atoms with Gasteiger partial charge in [-0.2, -0.15) is 0 Å². The number of aromatic nitrogens is 1. The van der Waals surface area contributed by atoms with Crippen LogP contribution in [0.15, 0.2) is 400 Å². The van der Waals surface area contributed by atoms with Gasteiger partial charge in [-0.05, 0) is 237 Å². The molecule has 0 spiro atoms. The van der Waals surface area contributed by atoms with Gasteiger partial charge in [-0.15, -0.1) is 0 Å². The Morgan fingerprint density at radius 1 is 0.196 bits per heavy atom. The normalized spacial score (nSPS) is 11.9. The molecule has 1 aromatic heterocycles. The molecule has 14 aromatic carbocycles. The van der Waals surface area contributed by atoms with Crippen molar-refractivity contribution in [3.8, 4) is 5.69 Å². The summed E-state index contributed by atoms with van der Waals surface area (Å²) in [7, 11) is 0. The number of para-hydroxylation sites is 8. The zero-order valence-electron chi connectivity index (χ0n) is 53.6. The van der Waals surface area contributed by atoms with Gasteiger partial charge >= 0.3 is 0 Å². The molecule has 0 radical (unpaired) electrons. The Bertz CT molecular complexity index is 5090. The fourth-order valence-electron chi connectivity index (χ4n) is 13.6. The number of benzene rings is 14. The molecule has 1 aliphatic rings. The molecule has 97 heavy (non-hydrogen) atoms. The third-order valence-corrected chi connectivity index (χ3v) is 18.1. The molecule has 1 aliphatic carbocycles. The maximum atomic E-state index is 2.46. The summed E-state index contributed by atoms with van der Waals surface area (Å²) in [5.41, 5.74) is 22.5. The van der Waals surface area contributed by atoms with Crippen LogP contribution >= 0.6 is 0 Å². The summed E-state index contributed by atoms with van der Waals surface area (Å²) in [6.07, 6.45) is 8.92. The maximum Gasteiger partial charge on any atom is 0.0561 e. The molecule has 0 unspecified atom stereocenters. The summed E-state index contributed by atoms with van der Waals surface area (Å²) in [6, 6.07) is 135. The largest absolute Gasteiger partial charge is 0.311 e. The Kier molecular flexibility index (Phi) is 16.5. The van der Waals surface area contributed by atoms with Gasteiger partial charge < -0.3 is 34.0 Å². The minimum Gasteiger partial charge on any atom is -0.311 e. The third kappa shape index (κ3) is 12.1. The van der Waals surface area contributed by atoms with Crippen LogP contribution < -0.4 is 29.4 Å². The summed E-state index contributed by atoms with van der Waals surface area (Å²) in [4.78, 5) is 14.1. The molecule has 0 aliphatic heterocycles. The van der Waals surface area contributed by atoms with Crippen LogP contribution in [0.3, 0.4) is 0 Å². The topological polar surface area (TPSA) is 24.4 Å². The molecule has 0 saturated carbocycles. The molecule has 464 valence electrons. The Hall–Kier alpha value is -12.8. The highest BCUT2D eigenvalue weighted by Crippen LogP contribution is 2.46. The Labute approximate surface area is 567 Å². The number of fused-ring (bicyclic) bond motifs is 3. The molecule has 15 aromatic rings. The quantitative estimate of drug-likeness (QED) is 0.0800. The Balaban J connectivity index is 0.840. The van der Waals surface area contributed by atoms with E-state index in [1.807, 2.05) is 0 Å². The van der Waals surface area contributed by atoms with Gasteiger partial charge in [0.2, 0.25) is 0 Å². The van der Waals surface area contributed by atoms with Crippen molar-refractivity contribution in [1.29, 1.82) is 0 Å². The predicted molar refractivity (Wildman–Crippen MR) is 409 cm³/mol. The summed E-state index contributed by atoms with van der Waals surface area (Å²) in [5.74, 6) is 0. The fourth-order valence-corrected chi connectivity index (χ4v) is 13.6. The lowest BCUT2D eigenvalue weighted by atomic mass is 10.1. The minimum atomic E-state index is 1.01. The van der Waals surface area contributed by atoms with Crippen molar-refractivity contribution in [1.82, 2.24) is 4.57 Å². The minimum absolute atomic E-state index is 1.01. The van der Waals surface area contributed by atoms with Gasteiger partial charge in [0.1, 0.15) is 0 Å². The SMILES string of the molecule is C1=CC(N(c2ccccc2)c2ccc(N(c3ccccc3)c3ccc4c5ccc(N(c6ccccc6)c6ccc(N(c7ccccc7)c7ccccc7)cc6)cc5n(-c5ccc(N(c6ccccc6)c6ccc(N(c7ccccc7)c7ccccc7)cc6)cc5)c4c3)cc2)=CCC1. The van der Waals surface area contributed by atoms with E-state index in [1.54, 1.807) is 0 Å². The first kappa shape index (κ1) is 59.2. The van der Waals surface area contributed by atoms with Crippen LogP contribution in [-0.4, -0.2) is 4.57 Å². The molecular weight excluding hydrogens is 1180 g/mol. The van der Waals surface area contributed by atoms with E-state index >= 15 is 0 Å². The molecule has 7 nitrogen and oxygen atoms in total. The second-order valence-corrected chi connectivity index (χ2v) is 24.1. The van der Waals surface area contributed by atoms with Crippen molar-refractivity contribution in [3.63, 3.8) is 0 Å². The first-order chi connectivity index (χ1) is 48.1. The molecule has 1 heterocycles. The van der Waals surface area contributed by atoms with Gasteiger partial charge in [-0.3, -0.25) is 0 Å². The molecule has 7 heteroatoms. The highest BCUT2D eigenvalue weighted by atomic mass is 15.2. The van der Waals surface area contributed by atoms with E-state index in [0.717, 1.165) is 137 Å². The van der Waals surface area contributed by atoms with Gasteiger partial charge in [0.15, 0.2) is 0 Å². The maximum absolute atomic E-state index is 2.46. The third-order valence-electron chi connectivity index (χ3n) is 18.1. The second-order valence-electron chi connectivity index (χ2n) is 24.1. The predicted octanol–water partition coefficient (Wildman–Crippen LogP) is 25.5. The van der Waals surface area contributed by atoms with Gasteiger partial charge in [0.05, 0.1) is 11.0 Å². The van der Waals surface area contributed by atoms with Crippen molar-refractivity contribution < 1.29 is 0 Å². The fraction of sp³-hybridized carbons (Fsp3) is 0.0222. The number of rotatable bonds is 19. The van der Waals surface area contributed by atoms with Crippen LogP contribution in [0.1, 0.15) is 12.8 Å². The van der Waals surface area contributed by atoms with Gasteiger partial charge in [-0.25, -0.2) is 0 Å². The molecule has 0 saturated heterocycles. The highest BCUT2D eigenvalue weighted by Gasteiger charge is 2.24. The molecular formula is C90H69N7. The number of hydrogen-bond acceptors (Lipinski definition) is 6. The van der Waals surface area contributed by atoms with E-state index in [0.29, 0.717) is 0 Å². The van der Waals surface area contributed by atoms with Crippen LogP contribution in [0.2, 0.25) is 0 Å². The molecule has 0 atom stereocenters. The average molecular weight is 1250 g/mol. The van der Waals surface area contributed by atoms with Crippen molar-refractivity contribution >= 4 is 118 Å². The molecule has 16 rings (SSSR count). The lowest BCUT2D eigenvalue weighted by Gasteiger charge is -2.29. The lowest BCUT2D eigenvalue weighted by Crippen LogP contribution is -2.16. The van der Waals surface area contributed by atoms with E-state index in [2.05, 4.69) is 428 Å². The van der Waals surface area contributed by atoms with E-state index in [1.165, 1.54) is 5.70 Å². The first-order valence-corrected chi connectivity index (χ1v) is 33.2. The van der Waals surface area contributed by atoms with Crippen LogP contribution in [-0.2, 0) is 0 Å². The van der Waals surface area contributed by atoms with Crippen LogP contribution in [0, 0.1) is 0 Å². The number of anilines is 17. The zero-order chi connectivity index (χ0) is 64.7. The zero-order valence-corrected chi connectivity index (χ0v) is 53.6. The monoisotopic (exact) mass is 1250 g/mol. The van der Waals surface area contributed by atoms with E-state index in [4.69, 9.17) is 0 Å². The molecule has 0 amide bonds. The van der Waals surface area contributed by atoms with Gasteiger partial charge in [0.25, 0.3) is 0 Å². The van der Waals surface area contributed by atoms with Crippen molar-refractivity contribution in [2.24, 2.45) is 0 Å². The summed E-state index contributed by atoms with van der Waals surface area (Å²) < 4.78 is 2.46. The van der Waals surface area contributed by atoms with Crippen molar-refractivity contribution in [2.45, 2.75) is 12.8 Å². The summed E-state index contributed by atoms with van der Waals surface area (Å²) >= 11 is 0. The Morgan fingerprint density at radius 2 is 0.412 bits per heavy atom. The molecule has 0 bridgehead atoms. The summed E-state index contributed by atoms with van der Waals surface area (Å²) in [6.45, 7) is 0. The summed E-state index contributed by atoms with van der Waals surface area (Å²) in [5, 5.41) is 2.29. The number of allylic oxidation sites excluding steroid dienone is 3. The van der Waals surface area contributed by atoms with Crippen molar-refractivity contribution in [3.05, 3.63) is 400 Å². The van der Waals surface area contributed by atoms with Gasteiger partial charge in [0, 0.05) is 119 Å². The smallest absolute Gasteiger partial charge is 0.0561 e. The van der Waals surface area contributed by atoms with Crippen molar-refractivity contribution in [2.75, 3.05) is 29.4 Å². The number of nitrogens with zero attached hydrogens (tertiary/aromatic N) is 7. The van der Waals surface area contributed by atoms with E-state index < -0.39 is 0 Å². The Morgan fingerprint density at radius 3 is 0.670 bits per heavy atom. The van der Waals surface area contributed by atoms with E-state index in [9.17, 15) is 0 Å². The van der Waals surface area contributed by atoms with Crippen LogP contribution in [0.25, 0.3) is 27.5 Å². The molecule has 0 N–H and O–H groups in total. The second kappa shape index (κ2) is 27.0. The number of hydrogen-bond donors (Lipinski definition) is 0. The standard InChI is InChI=1S/C90H69N7/c1-10-28-68(29-11-1)91(69-30-12-2-13-31-69)77-46-48-80(49-47-77)94(74-40-22-7-23-41-74)81-58-60-84(61-59-81)97-89-66-85(95(75-42-24-8-25-43-75)82-54-50-78(51-55-82)92(70-32-14-3-15-33-70)71-34-16-4-17-35-71)62-64-87(89)88-65-63-86(67-90(88)97)96(76-44-26-9-27-45-76)83-56-52-79(53-57-83)93(72-36-18-5-19-37-72)73-38-20-6-21-39-73/h1-5,7-20,22-67H,6,21H2.